The van der Waals surface area contributed by atoms with E-state index in [4.69, 9.17) is 0 Å². The van der Waals surface area contributed by atoms with Crippen LogP contribution in [-0.4, -0.2) is 14.8 Å². The first-order chi connectivity index (χ1) is 5.83. The molecule has 0 aliphatic carbocycles. The first kappa shape index (κ1) is 9.23. The highest BCUT2D eigenvalue weighted by molar-refractivity contribution is 4.57. The monoisotopic (exact) mass is 167 g/mol. The van der Waals surface area contributed by atoms with E-state index in [1.165, 1.54) is 19.3 Å². The largest absolute Gasteiger partial charge is 0.253 e. The van der Waals surface area contributed by atoms with E-state index in [-0.39, 0.29) is 0 Å². The van der Waals surface area contributed by atoms with Crippen LogP contribution >= 0.6 is 0 Å². The van der Waals surface area contributed by atoms with Crippen molar-refractivity contribution in [1.29, 1.82) is 0 Å². The number of aromatic nitrogens is 3. The Hall–Kier alpha value is -0.860. The Balaban J connectivity index is 2.11. The molecular weight excluding hydrogens is 150 g/mol. The zero-order chi connectivity index (χ0) is 8.81. The summed E-state index contributed by atoms with van der Waals surface area (Å²) in [5.41, 5.74) is 0. The van der Waals surface area contributed by atoms with E-state index in [1.54, 1.807) is 12.7 Å². The van der Waals surface area contributed by atoms with Gasteiger partial charge in [0.2, 0.25) is 0 Å². The maximum atomic E-state index is 4.04. The Morgan fingerprint density at radius 3 is 2.92 bits per heavy atom. The second kappa shape index (κ2) is 4.91. The van der Waals surface area contributed by atoms with Gasteiger partial charge in [0.25, 0.3) is 0 Å². The predicted molar refractivity (Wildman–Crippen MR) is 48.7 cm³/mol. The van der Waals surface area contributed by atoms with E-state index < -0.39 is 0 Å². The Morgan fingerprint density at radius 2 is 2.33 bits per heavy atom. The maximum Gasteiger partial charge on any atom is 0.137 e. The number of aryl methyl sites for hydroxylation is 1. The first-order valence-corrected chi connectivity index (χ1v) is 4.65. The quantitative estimate of drug-likeness (QED) is 0.672. The Morgan fingerprint density at radius 1 is 1.50 bits per heavy atom. The Bertz CT molecular complexity index is 194. The molecule has 1 unspecified atom stereocenters. The van der Waals surface area contributed by atoms with Crippen molar-refractivity contribution in [2.75, 3.05) is 0 Å². The fraction of sp³-hybridized carbons (Fsp3) is 0.778. The molecule has 68 valence electrons. The molecule has 0 saturated heterocycles. The molecule has 3 heteroatoms. The van der Waals surface area contributed by atoms with Gasteiger partial charge in [-0.1, -0.05) is 20.3 Å². The van der Waals surface area contributed by atoms with Crippen LogP contribution in [0.4, 0.5) is 0 Å². The summed E-state index contributed by atoms with van der Waals surface area (Å²) in [5.74, 6) is 0.841. The molecule has 1 aromatic rings. The van der Waals surface area contributed by atoms with Crippen molar-refractivity contribution in [2.45, 2.75) is 39.7 Å². The Labute approximate surface area is 73.8 Å². The smallest absolute Gasteiger partial charge is 0.137 e. The van der Waals surface area contributed by atoms with E-state index in [0.717, 1.165) is 12.5 Å². The number of nitrogens with zero attached hydrogens (tertiary/aromatic N) is 3. The molecule has 0 bridgehead atoms. The van der Waals surface area contributed by atoms with E-state index in [0.29, 0.717) is 0 Å². The molecule has 3 nitrogen and oxygen atoms in total. The zero-order valence-electron chi connectivity index (χ0n) is 7.90. The van der Waals surface area contributed by atoms with E-state index >= 15 is 0 Å². The maximum absolute atomic E-state index is 4.04. The minimum atomic E-state index is 0.841. The fourth-order valence-corrected chi connectivity index (χ4v) is 1.15. The van der Waals surface area contributed by atoms with Gasteiger partial charge in [0, 0.05) is 6.54 Å². The molecule has 1 atom stereocenters. The molecule has 12 heavy (non-hydrogen) atoms. The third kappa shape index (κ3) is 3.03. The van der Waals surface area contributed by atoms with Crippen LogP contribution < -0.4 is 0 Å². The molecule has 0 radical (unpaired) electrons. The van der Waals surface area contributed by atoms with E-state index in [1.807, 2.05) is 4.68 Å². The summed E-state index contributed by atoms with van der Waals surface area (Å²) >= 11 is 0. The lowest BCUT2D eigenvalue weighted by atomic mass is 10.0. The van der Waals surface area contributed by atoms with Gasteiger partial charge in [-0.05, 0) is 18.8 Å². The normalized spacial score (nSPS) is 13.2. The summed E-state index contributed by atoms with van der Waals surface area (Å²) in [5, 5.41) is 4.04. The lowest BCUT2D eigenvalue weighted by Crippen LogP contribution is -2.00. The highest BCUT2D eigenvalue weighted by atomic mass is 15.3. The van der Waals surface area contributed by atoms with Crippen molar-refractivity contribution >= 4 is 0 Å². The summed E-state index contributed by atoms with van der Waals surface area (Å²) in [4.78, 5) is 3.89. The zero-order valence-corrected chi connectivity index (χ0v) is 7.90. The van der Waals surface area contributed by atoms with Gasteiger partial charge in [-0.25, -0.2) is 4.98 Å². The van der Waals surface area contributed by atoms with Gasteiger partial charge in [0.05, 0.1) is 0 Å². The average molecular weight is 167 g/mol. The standard InChI is InChI=1S/C9H17N3/c1-3-9(2)5-4-6-12-8-10-7-11-12/h7-9H,3-6H2,1-2H3. The minimum Gasteiger partial charge on any atom is -0.253 e. The van der Waals surface area contributed by atoms with Crippen molar-refractivity contribution in [1.82, 2.24) is 14.8 Å². The molecule has 0 aromatic carbocycles. The van der Waals surface area contributed by atoms with Crippen LogP contribution in [0.25, 0.3) is 0 Å². The fourth-order valence-electron chi connectivity index (χ4n) is 1.15. The van der Waals surface area contributed by atoms with Crippen LogP contribution in [-0.2, 0) is 6.54 Å². The van der Waals surface area contributed by atoms with Crippen LogP contribution in [0.2, 0.25) is 0 Å². The summed E-state index contributed by atoms with van der Waals surface area (Å²) in [6, 6.07) is 0. The molecule has 0 fully saturated rings. The molecule has 0 N–H and O–H groups in total. The average Bonchev–Trinajstić information content (AvgIpc) is 2.57. The highest BCUT2D eigenvalue weighted by Crippen LogP contribution is 2.09. The number of hydrogen-bond acceptors (Lipinski definition) is 2. The van der Waals surface area contributed by atoms with Crippen LogP contribution in [0.5, 0.6) is 0 Å². The van der Waals surface area contributed by atoms with Crippen molar-refractivity contribution in [2.24, 2.45) is 5.92 Å². The van der Waals surface area contributed by atoms with Gasteiger partial charge in [-0.3, -0.25) is 4.68 Å². The van der Waals surface area contributed by atoms with Crippen LogP contribution in [0.3, 0.4) is 0 Å². The van der Waals surface area contributed by atoms with Gasteiger partial charge < -0.3 is 0 Å². The van der Waals surface area contributed by atoms with Gasteiger partial charge in [-0.2, -0.15) is 5.10 Å². The summed E-state index contributed by atoms with van der Waals surface area (Å²) in [7, 11) is 0. The molecule has 0 aliphatic rings. The van der Waals surface area contributed by atoms with Crippen LogP contribution in [0, 0.1) is 5.92 Å². The lowest BCUT2D eigenvalue weighted by molar-refractivity contribution is 0.454. The summed E-state index contributed by atoms with van der Waals surface area (Å²) in [6.07, 6.45) is 7.13. The van der Waals surface area contributed by atoms with Gasteiger partial charge in [-0.15, -0.1) is 0 Å². The second-order valence-corrected chi connectivity index (χ2v) is 3.31. The minimum absolute atomic E-state index is 0.841. The molecule has 1 heterocycles. The summed E-state index contributed by atoms with van der Waals surface area (Å²) in [6.45, 7) is 5.53. The van der Waals surface area contributed by atoms with Gasteiger partial charge in [0.15, 0.2) is 0 Å². The highest BCUT2D eigenvalue weighted by Gasteiger charge is 1.98. The molecule has 0 aliphatic heterocycles. The van der Waals surface area contributed by atoms with Crippen molar-refractivity contribution in [3.63, 3.8) is 0 Å². The first-order valence-electron chi connectivity index (χ1n) is 4.65. The van der Waals surface area contributed by atoms with E-state index in [2.05, 4.69) is 23.9 Å². The van der Waals surface area contributed by atoms with Crippen LogP contribution in [0.15, 0.2) is 12.7 Å². The molecule has 1 aromatic heterocycles. The molecule has 0 spiro atoms. The van der Waals surface area contributed by atoms with E-state index in [9.17, 15) is 0 Å². The second-order valence-electron chi connectivity index (χ2n) is 3.31. The molecule has 0 amide bonds. The van der Waals surface area contributed by atoms with Gasteiger partial charge in [0.1, 0.15) is 12.7 Å². The molecule has 0 saturated carbocycles. The third-order valence-corrected chi connectivity index (χ3v) is 2.25. The third-order valence-electron chi connectivity index (χ3n) is 2.25. The van der Waals surface area contributed by atoms with Crippen molar-refractivity contribution < 1.29 is 0 Å². The van der Waals surface area contributed by atoms with Crippen LogP contribution in [0.1, 0.15) is 33.1 Å². The Kier molecular flexibility index (Phi) is 3.77. The van der Waals surface area contributed by atoms with Crippen molar-refractivity contribution in [3.05, 3.63) is 12.7 Å². The molecular formula is C9H17N3. The topological polar surface area (TPSA) is 30.7 Å². The SMILES string of the molecule is CCC(C)CCCn1cncn1. The molecule has 1 rings (SSSR count). The lowest BCUT2D eigenvalue weighted by Gasteiger charge is -2.06. The number of hydrogen-bond donors (Lipinski definition) is 0. The summed E-state index contributed by atoms with van der Waals surface area (Å²) < 4.78 is 1.89. The van der Waals surface area contributed by atoms with Gasteiger partial charge >= 0.3 is 0 Å². The predicted octanol–water partition coefficient (Wildman–Crippen LogP) is 2.10. The van der Waals surface area contributed by atoms with Crippen molar-refractivity contribution in [3.8, 4) is 0 Å². The number of rotatable bonds is 5.